The van der Waals surface area contributed by atoms with E-state index in [1.54, 1.807) is 12.4 Å². The second-order valence-corrected chi connectivity index (χ2v) is 4.61. The molecule has 0 saturated carbocycles. The minimum absolute atomic E-state index is 0.361. The van der Waals surface area contributed by atoms with E-state index in [4.69, 9.17) is 11.6 Å². The summed E-state index contributed by atoms with van der Waals surface area (Å²) in [7, 11) is 0. The third-order valence-corrected chi connectivity index (χ3v) is 2.69. The number of anilines is 2. The van der Waals surface area contributed by atoms with Crippen LogP contribution in [0.1, 0.15) is 5.56 Å². The van der Waals surface area contributed by atoms with Crippen molar-refractivity contribution in [1.82, 2.24) is 9.97 Å². The van der Waals surface area contributed by atoms with Gasteiger partial charge in [0.1, 0.15) is 0 Å². The van der Waals surface area contributed by atoms with E-state index in [-0.39, 0.29) is 0 Å². The lowest BCUT2D eigenvalue weighted by Gasteiger charge is -2.07. The number of aromatic nitrogens is 2. The molecule has 1 heterocycles. The number of nitrogens with one attached hydrogen (secondary N) is 1. The van der Waals surface area contributed by atoms with Gasteiger partial charge in [0.15, 0.2) is 11.0 Å². The van der Waals surface area contributed by atoms with Gasteiger partial charge in [-0.2, -0.15) is 0 Å². The fraction of sp³-hybridized carbons (Fsp3) is 0.0909. The molecule has 0 spiro atoms. The summed E-state index contributed by atoms with van der Waals surface area (Å²) in [6, 6.07) is 6.00. The normalized spacial score (nSPS) is 10.2. The summed E-state index contributed by atoms with van der Waals surface area (Å²) in [5.41, 5.74) is 2.08. The van der Waals surface area contributed by atoms with E-state index in [1.807, 2.05) is 25.1 Å². The zero-order valence-corrected chi connectivity index (χ0v) is 10.9. The van der Waals surface area contributed by atoms with Gasteiger partial charge in [-0.1, -0.05) is 27.5 Å². The molecule has 2 rings (SSSR count). The van der Waals surface area contributed by atoms with Crippen LogP contribution in [0.25, 0.3) is 0 Å². The quantitative estimate of drug-likeness (QED) is 0.912. The van der Waals surface area contributed by atoms with Crippen LogP contribution in [0, 0.1) is 6.92 Å². The minimum atomic E-state index is 0.361. The van der Waals surface area contributed by atoms with Gasteiger partial charge in [0.05, 0.1) is 0 Å². The van der Waals surface area contributed by atoms with Crippen molar-refractivity contribution < 1.29 is 0 Å². The second-order valence-electron chi connectivity index (χ2n) is 3.34. The number of rotatable bonds is 2. The summed E-state index contributed by atoms with van der Waals surface area (Å²) < 4.78 is 1.01. The van der Waals surface area contributed by atoms with E-state index in [2.05, 4.69) is 31.2 Å². The highest BCUT2D eigenvalue weighted by molar-refractivity contribution is 9.10. The maximum absolute atomic E-state index is 5.91. The Labute approximate surface area is 107 Å². The standard InChI is InChI=1S/C11H9BrClN3/c1-7-4-8(12)6-9(5-7)16-11-10(13)14-2-3-15-11/h2-6H,1H3,(H,15,16). The number of hydrogen-bond donors (Lipinski definition) is 1. The zero-order valence-electron chi connectivity index (χ0n) is 8.54. The number of nitrogens with zero attached hydrogens (tertiary/aromatic N) is 2. The molecule has 0 radical (unpaired) electrons. The van der Waals surface area contributed by atoms with Gasteiger partial charge in [-0.25, -0.2) is 9.97 Å². The lowest BCUT2D eigenvalue weighted by atomic mass is 10.2. The van der Waals surface area contributed by atoms with Crippen LogP contribution in [-0.2, 0) is 0 Å². The van der Waals surface area contributed by atoms with Gasteiger partial charge in [0.25, 0.3) is 0 Å². The summed E-state index contributed by atoms with van der Waals surface area (Å²) >= 11 is 9.34. The Hall–Kier alpha value is -1.13. The molecule has 0 aliphatic rings. The van der Waals surface area contributed by atoms with Gasteiger partial charge in [-0.15, -0.1) is 0 Å². The third kappa shape index (κ3) is 2.71. The highest BCUT2D eigenvalue weighted by atomic mass is 79.9. The fourth-order valence-corrected chi connectivity index (χ4v) is 2.11. The van der Waals surface area contributed by atoms with E-state index in [9.17, 15) is 0 Å². The smallest absolute Gasteiger partial charge is 0.171 e. The van der Waals surface area contributed by atoms with Gasteiger partial charge in [-0.3, -0.25) is 0 Å². The van der Waals surface area contributed by atoms with E-state index < -0.39 is 0 Å². The van der Waals surface area contributed by atoms with E-state index in [0.29, 0.717) is 11.0 Å². The molecule has 3 nitrogen and oxygen atoms in total. The van der Waals surface area contributed by atoms with Crippen molar-refractivity contribution in [3.05, 3.63) is 45.8 Å². The van der Waals surface area contributed by atoms with Gasteiger partial charge >= 0.3 is 0 Å². The van der Waals surface area contributed by atoms with Crippen LogP contribution in [0.4, 0.5) is 11.5 Å². The Morgan fingerprint density at radius 1 is 1.19 bits per heavy atom. The van der Waals surface area contributed by atoms with Crippen LogP contribution in [0.5, 0.6) is 0 Å². The largest absolute Gasteiger partial charge is 0.338 e. The molecule has 0 amide bonds. The lowest BCUT2D eigenvalue weighted by molar-refractivity contribution is 1.20. The van der Waals surface area contributed by atoms with Gasteiger partial charge in [0.2, 0.25) is 0 Å². The molecule has 0 bridgehead atoms. The van der Waals surface area contributed by atoms with Gasteiger partial charge in [0, 0.05) is 22.6 Å². The van der Waals surface area contributed by atoms with Crippen molar-refractivity contribution in [3.8, 4) is 0 Å². The first-order valence-electron chi connectivity index (χ1n) is 4.66. The van der Waals surface area contributed by atoms with Crippen molar-refractivity contribution in [1.29, 1.82) is 0 Å². The number of benzene rings is 1. The molecule has 0 unspecified atom stereocenters. The molecule has 82 valence electrons. The summed E-state index contributed by atoms with van der Waals surface area (Å²) in [5, 5.41) is 3.48. The molecule has 1 aromatic heterocycles. The average molecular weight is 299 g/mol. The predicted octanol–water partition coefficient (Wildman–Crippen LogP) is 3.94. The van der Waals surface area contributed by atoms with Crippen LogP contribution >= 0.6 is 27.5 Å². The SMILES string of the molecule is Cc1cc(Br)cc(Nc2nccnc2Cl)c1. The van der Waals surface area contributed by atoms with Crippen molar-refractivity contribution in [3.63, 3.8) is 0 Å². The first-order chi connectivity index (χ1) is 7.65. The predicted molar refractivity (Wildman–Crippen MR) is 69.2 cm³/mol. The Kier molecular flexibility index (Phi) is 3.41. The molecule has 0 aliphatic heterocycles. The molecule has 16 heavy (non-hydrogen) atoms. The minimum Gasteiger partial charge on any atom is -0.338 e. The first kappa shape index (κ1) is 11.4. The Morgan fingerprint density at radius 3 is 2.62 bits per heavy atom. The van der Waals surface area contributed by atoms with Gasteiger partial charge < -0.3 is 5.32 Å². The maximum atomic E-state index is 5.91. The molecule has 0 aliphatic carbocycles. The van der Waals surface area contributed by atoms with Crippen LogP contribution in [-0.4, -0.2) is 9.97 Å². The number of hydrogen-bond acceptors (Lipinski definition) is 3. The summed E-state index contributed by atoms with van der Waals surface area (Å²) in [5.74, 6) is 0.557. The topological polar surface area (TPSA) is 37.8 Å². The first-order valence-corrected chi connectivity index (χ1v) is 5.83. The fourth-order valence-electron chi connectivity index (χ4n) is 1.35. The summed E-state index contributed by atoms with van der Waals surface area (Å²) in [6.45, 7) is 2.02. The number of halogens is 2. The number of aryl methyl sites for hydroxylation is 1. The van der Waals surface area contributed by atoms with Crippen molar-refractivity contribution >= 4 is 39.0 Å². The lowest BCUT2D eigenvalue weighted by Crippen LogP contribution is -1.95. The molecule has 5 heteroatoms. The molecule has 1 N–H and O–H groups in total. The van der Waals surface area contributed by atoms with Crippen LogP contribution in [0.3, 0.4) is 0 Å². The summed E-state index contributed by atoms with van der Waals surface area (Å²) in [6.07, 6.45) is 3.15. The highest BCUT2D eigenvalue weighted by Gasteiger charge is 2.03. The molecular weight excluding hydrogens is 289 g/mol. The van der Waals surface area contributed by atoms with E-state index >= 15 is 0 Å². The van der Waals surface area contributed by atoms with Crippen LogP contribution in [0.2, 0.25) is 5.15 Å². The van der Waals surface area contributed by atoms with E-state index in [0.717, 1.165) is 15.7 Å². The second kappa shape index (κ2) is 4.80. The Morgan fingerprint density at radius 2 is 1.94 bits per heavy atom. The molecule has 2 aromatic rings. The van der Waals surface area contributed by atoms with Crippen molar-refractivity contribution in [2.75, 3.05) is 5.32 Å². The zero-order chi connectivity index (χ0) is 11.5. The molecule has 0 atom stereocenters. The Bertz CT molecular complexity index is 496. The molecule has 0 saturated heterocycles. The highest BCUT2D eigenvalue weighted by Crippen LogP contribution is 2.24. The summed E-state index contributed by atoms with van der Waals surface area (Å²) in [4.78, 5) is 8.06. The maximum Gasteiger partial charge on any atom is 0.171 e. The monoisotopic (exact) mass is 297 g/mol. The van der Waals surface area contributed by atoms with Gasteiger partial charge in [-0.05, 0) is 30.7 Å². The molecule has 1 aromatic carbocycles. The average Bonchev–Trinajstić information content (AvgIpc) is 2.20. The van der Waals surface area contributed by atoms with Crippen molar-refractivity contribution in [2.24, 2.45) is 0 Å². The van der Waals surface area contributed by atoms with Crippen LogP contribution in [0.15, 0.2) is 35.1 Å². The molecular formula is C11H9BrClN3. The van der Waals surface area contributed by atoms with E-state index in [1.165, 1.54) is 0 Å². The third-order valence-electron chi connectivity index (χ3n) is 1.96. The van der Waals surface area contributed by atoms with Crippen molar-refractivity contribution in [2.45, 2.75) is 6.92 Å². The Balaban J connectivity index is 2.30. The molecule has 0 fully saturated rings. The van der Waals surface area contributed by atoms with Crippen LogP contribution < -0.4 is 5.32 Å².